The SMILES string of the molecule is CCn1c(=O)n(CC(=O)Nc2nc(C)cs2)c2ccccc21. The first-order valence-electron chi connectivity index (χ1n) is 7.00. The second kappa shape index (κ2) is 5.76. The highest BCUT2D eigenvalue weighted by Gasteiger charge is 2.15. The fourth-order valence-corrected chi connectivity index (χ4v) is 3.15. The molecule has 0 saturated carbocycles. The number of hydrogen-bond donors (Lipinski definition) is 1. The zero-order valence-corrected chi connectivity index (χ0v) is 13.2. The Labute approximate surface area is 131 Å². The Morgan fingerprint density at radius 1 is 1.27 bits per heavy atom. The van der Waals surface area contributed by atoms with Crippen molar-refractivity contribution in [3.63, 3.8) is 0 Å². The lowest BCUT2D eigenvalue weighted by Gasteiger charge is -2.03. The number of imidazole rings is 1. The number of carbonyl (C=O) groups excluding carboxylic acids is 1. The molecule has 0 fully saturated rings. The molecule has 0 aliphatic heterocycles. The highest BCUT2D eigenvalue weighted by atomic mass is 32.1. The van der Waals surface area contributed by atoms with Gasteiger partial charge in [-0.05, 0) is 26.0 Å². The summed E-state index contributed by atoms with van der Waals surface area (Å²) in [6.45, 7) is 4.33. The van der Waals surface area contributed by atoms with Crippen molar-refractivity contribution in [3.8, 4) is 0 Å². The molecular formula is C15H16N4O2S. The van der Waals surface area contributed by atoms with Crippen LogP contribution < -0.4 is 11.0 Å². The van der Waals surface area contributed by atoms with E-state index in [1.807, 2.05) is 43.5 Å². The maximum absolute atomic E-state index is 12.4. The number of aryl methyl sites for hydroxylation is 2. The molecule has 1 aromatic carbocycles. The van der Waals surface area contributed by atoms with E-state index < -0.39 is 0 Å². The lowest BCUT2D eigenvalue weighted by molar-refractivity contribution is -0.116. The molecular weight excluding hydrogens is 300 g/mol. The van der Waals surface area contributed by atoms with E-state index in [-0.39, 0.29) is 18.1 Å². The number of anilines is 1. The van der Waals surface area contributed by atoms with Gasteiger partial charge in [-0.15, -0.1) is 11.3 Å². The van der Waals surface area contributed by atoms with Crippen LogP contribution >= 0.6 is 11.3 Å². The van der Waals surface area contributed by atoms with Crippen molar-refractivity contribution in [2.24, 2.45) is 0 Å². The molecule has 0 radical (unpaired) electrons. The van der Waals surface area contributed by atoms with E-state index >= 15 is 0 Å². The quantitative estimate of drug-likeness (QED) is 0.802. The molecule has 0 spiro atoms. The summed E-state index contributed by atoms with van der Waals surface area (Å²) in [6, 6.07) is 7.49. The first kappa shape index (κ1) is 14.5. The minimum absolute atomic E-state index is 0.0228. The minimum Gasteiger partial charge on any atom is -0.300 e. The van der Waals surface area contributed by atoms with Crippen LogP contribution in [-0.4, -0.2) is 20.0 Å². The smallest absolute Gasteiger partial charge is 0.300 e. The molecule has 3 rings (SSSR count). The molecule has 0 unspecified atom stereocenters. The van der Waals surface area contributed by atoms with Crippen molar-refractivity contribution in [2.45, 2.75) is 26.9 Å². The number of carbonyl (C=O) groups is 1. The number of amides is 1. The van der Waals surface area contributed by atoms with Gasteiger partial charge in [0.25, 0.3) is 0 Å². The van der Waals surface area contributed by atoms with E-state index in [4.69, 9.17) is 0 Å². The third-order valence-electron chi connectivity index (χ3n) is 3.41. The maximum atomic E-state index is 12.4. The Balaban J connectivity index is 1.92. The largest absolute Gasteiger partial charge is 0.329 e. The number of nitrogens with zero attached hydrogens (tertiary/aromatic N) is 3. The molecule has 3 aromatic rings. The third-order valence-corrected chi connectivity index (χ3v) is 4.28. The number of hydrogen-bond acceptors (Lipinski definition) is 4. The molecule has 114 valence electrons. The van der Waals surface area contributed by atoms with Gasteiger partial charge in [-0.25, -0.2) is 9.78 Å². The highest BCUT2D eigenvalue weighted by Crippen LogP contribution is 2.15. The molecule has 0 bridgehead atoms. The number of aromatic nitrogens is 3. The van der Waals surface area contributed by atoms with Gasteiger partial charge >= 0.3 is 5.69 Å². The Hall–Kier alpha value is -2.41. The normalized spacial score (nSPS) is 11.0. The Bertz CT molecular complexity index is 890. The monoisotopic (exact) mass is 316 g/mol. The van der Waals surface area contributed by atoms with Crippen molar-refractivity contribution in [1.29, 1.82) is 0 Å². The number of para-hydroxylation sites is 2. The predicted molar refractivity (Wildman–Crippen MR) is 87.4 cm³/mol. The summed E-state index contributed by atoms with van der Waals surface area (Å²) in [5, 5.41) is 5.15. The summed E-state index contributed by atoms with van der Waals surface area (Å²) in [5.41, 5.74) is 2.29. The molecule has 2 heterocycles. The van der Waals surface area contributed by atoms with Gasteiger partial charge in [0, 0.05) is 11.9 Å². The van der Waals surface area contributed by atoms with Crippen molar-refractivity contribution in [2.75, 3.05) is 5.32 Å². The van der Waals surface area contributed by atoms with E-state index in [1.54, 1.807) is 4.57 Å². The summed E-state index contributed by atoms with van der Waals surface area (Å²) in [7, 11) is 0. The van der Waals surface area contributed by atoms with Crippen LogP contribution in [0.3, 0.4) is 0 Å². The van der Waals surface area contributed by atoms with Crippen LogP contribution in [0.25, 0.3) is 11.0 Å². The molecule has 0 saturated heterocycles. The summed E-state index contributed by atoms with van der Waals surface area (Å²) < 4.78 is 3.16. The first-order chi connectivity index (χ1) is 10.6. The van der Waals surface area contributed by atoms with Crippen LogP contribution in [0.4, 0.5) is 5.13 Å². The average molecular weight is 316 g/mol. The molecule has 2 aromatic heterocycles. The molecule has 7 heteroatoms. The van der Waals surface area contributed by atoms with Gasteiger partial charge in [0.1, 0.15) is 6.54 Å². The Morgan fingerprint density at radius 2 is 1.95 bits per heavy atom. The van der Waals surface area contributed by atoms with Gasteiger partial charge in [0.15, 0.2) is 5.13 Å². The van der Waals surface area contributed by atoms with Crippen LogP contribution in [-0.2, 0) is 17.9 Å². The van der Waals surface area contributed by atoms with Gasteiger partial charge in [-0.3, -0.25) is 13.9 Å². The molecule has 1 amide bonds. The average Bonchev–Trinajstić information content (AvgIpc) is 3.01. The van der Waals surface area contributed by atoms with Gasteiger partial charge < -0.3 is 5.32 Å². The summed E-state index contributed by atoms with van der Waals surface area (Å²) in [5.74, 6) is -0.254. The van der Waals surface area contributed by atoms with Gasteiger partial charge in [-0.2, -0.15) is 0 Å². The van der Waals surface area contributed by atoms with E-state index in [2.05, 4.69) is 10.3 Å². The molecule has 1 N–H and O–H groups in total. The molecule has 6 nitrogen and oxygen atoms in total. The lowest BCUT2D eigenvalue weighted by Crippen LogP contribution is -2.29. The highest BCUT2D eigenvalue weighted by molar-refractivity contribution is 7.13. The number of benzene rings is 1. The fraction of sp³-hybridized carbons (Fsp3) is 0.267. The van der Waals surface area contributed by atoms with Crippen LogP contribution in [0.5, 0.6) is 0 Å². The predicted octanol–water partition coefficient (Wildman–Crippen LogP) is 2.23. The van der Waals surface area contributed by atoms with Crippen LogP contribution in [0, 0.1) is 6.92 Å². The zero-order valence-electron chi connectivity index (χ0n) is 12.4. The fourth-order valence-electron chi connectivity index (χ4n) is 2.44. The summed E-state index contributed by atoms with van der Waals surface area (Å²) >= 11 is 1.37. The third kappa shape index (κ3) is 2.55. The maximum Gasteiger partial charge on any atom is 0.329 e. The van der Waals surface area contributed by atoms with E-state index in [0.29, 0.717) is 11.7 Å². The first-order valence-corrected chi connectivity index (χ1v) is 7.88. The standard InChI is InChI=1S/C15H16N4O2S/c1-3-18-11-6-4-5-7-12(11)19(15(18)21)8-13(20)17-14-16-10(2)9-22-14/h4-7,9H,3,8H2,1-2H3,(H,16,17,20). The van der Waals surface area contributed by atoms with Crippen molar-refractivity contribution in [3.05, 3.63) is 45.8 Å². The molecule has 0 atom stereocenters. The van der Waals surface area contributed by atoms with Crippen molar-refractivity contribution >= 4 is 33.4 Å². The molecule has 0 aliphatic rings. The zero-order chi connectivity index (χ0) is 15.7. The van der Waals surface area contributed by atoms with Crippen molar-refractivity contribution in [1.82, 2.24) is 14.1 Å². The molecule has 22 heavy (non-hydrogen) atoms. The Morgan fingerprint density at radius 3 is 2.55 bits per heavy atom. The lowest BCUT2D eigenvalue weighted by atomic mass is 10.3. The van der Waals surface area contributed by atoms with Crippen LogP contribution in [0.2, 0.25) is 0 Å². The van der Waals surface area contributed by atoms with E-state index in [9.17, 15) is 9.59 Å². The topological polar surface area (TPSA) is 68.9 Å². The molecule has 0 aliphatic carbocycles. The van der Waals surface area contributed by atoms with E-state index in [0.717, 1.165) is 16.7 Å². The van der Waals surface area contributed by atoms with Gasteiger partial charge in [0.05, 0.1) is 16.7 Å². The van der Waals surface area contributed by atoms with Gasteiger partial charge in [-0.1, -0.05) is 12.1 Å². The number of nitrogens with one attached hydrogen (secondary N) is 1. The number of rotatable bonds is 4. The van der Waals surface area contributed by atoms with Gasteiger partial charge in [0.2, 0.25) is 5.91 Å². The second-order valence-electron chi connectivity index (χ2n) is 4.94. The number of thiazole rings is 1. The summed E-state index contributed by atoms with van der Waals surface area (Å²) in [4.78, 5) is 28.8. The van der Waals surface area contributed by atoms with Crippen LogP contribution in [0.15, 0.2) is 34.4 Å². The van der Waals surface area contributed by atoms with Crippen LogP contribution in [0.1, 0.15) is 12.6 Å². The Kier molecular flexibility index (Phi) is 3.81. The number of fused-ring (bicyclic) bond motifs is 1. The van der Waals surface area contributed by atoms with E-state index in [1.165, 1.54) is 15.9 Å². The summed E-state index contributed by atoms with van der Waals surface area (Å²) in [6.07, 6.45) is 0. The van der Waals surface area contributed by atoms with Crippen molar-refractivity contribution < 1.29 is 4.79 Å². The minimum atomic E-state index is -0.254. The second-order valence-corrected chi connectivity index (χ2v) is 5.80.